The van der Waals surface area contributed by atoms with E-state index in [1.165, 1.54) is 15.7 Å². The lowest BCUT2D eigenvalue weighted by Gasteiger charge is -2.09. The van der Waals surface area contributed by atoms with Gasteiger partial charge < -0.3 is 5.32 Å². The number of hydrogen-bond acceptors (Lipinski definition) is 3. The first kappa shape index (κ1) is 15.9. The first-order chi connectivity index (χ1) is 11.5. The van der Waals surface area contributed by atoms with E-state index < -0.39 is 0 Å². The first-order valence-electron chi connectivity index (χ1n) is 7.35. The zero-order valence-corrected chi connectivity index (χ0v) is 13.9. The number of aromatic amines is 1. The van der Waals surface area contributed by atoms with Gasteiger partial charge in [0.05, 0.1) is 11.3 Å². The molecule has 0 radical (unpaired) electrons. The number of carbonyl (C=O) groups excluding carboxylic acids is 1. The van der Waals surface area contributed by atoms with Crippen molar-refractivity contribution in [2.45, 2.75) is 6.92 Å². The minimum Gasteiger partial charge on any atom is -0.328 e. The zero-order valence-electron chi connectivity index (χ0n) is 13.1. The Kier molecular flexibility index (Phi) is 4.18. The molecule has 1 aliphatic heterocycles. The quantitative estimate of drug-likeness (QED) is 0.505. The predicted octanol–water partition coefficient (Wildman–Crippen LogP) is 1.72. The minimum atomic E-state index is -0.272. The molecule has 1 aliphatic rings. The van der Waals surface area contributed by atoms with Crippen molar-refractivity contribution in [1.82, 2.24) is 20.0 Å². The Bertz CT molecular complexity index is 908. The smallest absolute Gasteiger partial charge is 0.278 e. The zero-order chi connectivity index (χ0) is 17.3. The van der Waals surface area contributed by atoms with Crippen molar-refractivity contribution in [2.24, 2.45) is 0 Å². The van der Waals surface area contributed by atoms with Gasteiger partial charge in [0.25, 0.3) is 11.5 Å². The van der Waals surface area contributed by atoms with E-state index >= 15 is 0 Å². The molecule has 122 valence electrons. The number of amides is 1. The van der Waals surface area contributed by atoms with Crippen LogP contribution >= 0.6 is 12.2 Å². The van der Waals surface area contributed by atoms with Gasteiger partial charge >= 0.3 is 0 Å². The molecule has 1 aromatic carbocycles. The van der Waals surface area contributed by atoms with Crippen LogP contribution in [0.25, 0.3) is 11.8 Å². The summed E-state index contributed by atoms with van der Waals surface area (Å²) >= 11 is 5.14. The second kappa shape index (κ2) is 6.29. The summed E-state index contributed by atoms with van der Waals surface area (Å²) < 4.78 is 1.45. The number of aryl methyl sites for hydroxylation is 1. The number of hydrogen-bond donors (Lipinski definition) is 2. The van der Waals surface area contributed by atoms with Crippen molar-refractivity contribution in [1.29, 1.82) is 0 Å². The number of carbonyl (C=O) groups is 1. The van der Waals surface area contributed by atoms with E-state index in [1.54, 1.807) is 13.0 Å². The van der Waals surface area contributed by atoms with Crippen LogP contribution in [0.15, 0.2) is 53.5 Å². The van der Waals surface area contributed by atoms with E-state index in [0.717, 1.165) is 5.69 Å². The SMILES string of the molecule is C=CCN1C(=O)/C(=C/c2c(C)[nH]n(-c3ccccc3)c2=O)NC1=S. The Labute approximate surface area is 144 Å². The summed E-state index contributed by atoms with van der Waals surface area (Å²) in [4.78, 5) is 26.4. The Morgan fingerprint density at radius 1 is 1.25 bits per heavy atom. The van der Waals surface area contributed by atoms with Crippen LogP contribution in [0, 0.1) is 6.92 Å². The van der Waals surface area contributed by atoms with Gasteiger partial charge in [0.1, 0.15) is 5.70 Å². The van der Waals surface area contributed by atoms with Gasteiger partial charge in [-0.25, -0.2) is 4.68 Å². The highest BCUT2D eigenvalue weighted by molar-refractivity contribution is 7.80. The summed E-state index contributed by atoms with van der Waals surface area (Å²) in [7, 11) is 0. The molecule has 6 nitrogen and oxygen atoms in total. The number of nitrogens with zero attached hydrogens (tertiary/aromatic N) is 2. The van der Waals surface area contributed by atoms with E-state index in [1.807, 2.05) is 30.3 Å². The third-order valence-corrected chi connectivity index (χ3v) is 4.02. The van der Waals surface area contributed by atoms with Gasteiger partial charge in [-0.1, -0.05) is 24.3 Å². The molecule has 7 heteroatoms. The van der Waals surface area contributed by atoms with Crippen LogP contribution in [0.4, 0.5) is 0 Å². The minimum absolute atomic E-state index is 0.228. The van der Waals surface area contributed by atoms with Crippen LogP contribution < -0.4 is 10.9 Å². The number of aromatic nitrogens is 2. The van der Waals surface area contributed by atoms with Crippen molar-refractivity contribution in [3.63, 3.8) is 0 Å². The van der Waals surface area contributed by atoms with Crippen molar-refractivity contribution in [3.05, 3.63) is 70.3 Å². The lowest BCUT2D eigenvalue weighted by Crippen LogP contribution is -2.30. The fraction of sp³-hybridized carbons (Fsp3) is 0.118. The Balaban J connectivity index is 2.01. The molecule has 1 amide bonds. The largest absolute Gasteiger partial charge is 0.328 e. The number of rotatable bonds is 4. The van der Waals surface area contributed by atoms with Crippen LogP contribution in [0.1, 0.15) is 11.3 Å². The van der Waals surface area contributed by atoms with Crippen molar-refractivity contribution in [3.8, 4) is 5.69 Å². The molecular weight excluding hydrogens is 324 g/mol. The fourth-order valence-corrected chi connectivity index (χ4v) is 2.77. The highest BCUT2D eigenvalue weighted by atomic mass is 32.1. The van der Waals surface area contributed by atoms with Crippen LogP contribution in [-0.2, 0) is 4.79 Å². The maximum Gasteiger partial charge on any atom is 0.278 e. The van der Waals surface area contributed by atoms with Crippen molar-refractivity contribution < 1.29 is 4.79 Å². The van der Waals surface area contributed by atoms with E-state index in [9.17, 15) is 9.59 Å². The summed E-state index contributed by atoms with van der Waals surface area (Å²) in [5.74, 6) is -0.272. The lowest BCUT2D eigenvalue weighted by molar-refractivity contribution is -0.122. The third-order valence-electron chi connectivity index (χ3n) is 3.69. The third kappa shape index (κ3) is 2.69. The first-order valence-corrected chi connectivity index (χ1v) is 7.76. The van der Waals surface area contributed by atoms with Gasteiger partial charge in [0.2, 0.25) is 0 Å². The number of thiocarbonyl (C=S) groups is 1. The van der Waals surface area contributed by atoms with Gasteiger partial charge in [-0.05, 0) is 37.4 Å². The Hall–Kier alpha value is -2.93. The highest BCUT2D eigenvalue weighted by Crippen LogP contribution is 2.15. The topological polar surface area (TPSA) is 70.1 Å². The van der Waals surface area contributed by atoms with E-state index in [2.05, 4.69) is 17.0 Å². The van der Waals surface area contributed by atoms with E-state index in [0.29, 0.717) is 22.9 Å². The molecule has 24 heavy (non-hydrogen) atoms. The lowest BCUT2D eigenvalue weighted by atomic mass is 10.2. The van der Waals surface area contributed by atoms with Gasteiger partial charge in [0.15, 0.2) is 5.11 Å². The monoisotopic (exact) mass is 340 g/mol. The molecule has 0 atom stereocenters. The molecule has 0 bridgehead atoms. The number of H-pyrrole nitrogens is 1. The predicted molar refractivity (Wildman–Crippen MR) is 96.7 cm³/mol. The van der Waals surface area contributed by atoms with E-state index in [4.69, 9.17) is 12.2 Å². The number of benzene rings is 1. The summed E-state index contributed by atoms with van der Waals surface area (Å²) in [5, 5.41) is 6.18. The Morgan fingerprint density at radius 3 is 2.62 bits per heavy atom. The summed E-state index contributed by atoms with van der Waals surface area (Å²) in [6, 6.07) is 9.24. The molecule has 1 aromatic heterocycles. The average molecular weight is 340 g/mol. The maximum atomic E-state index is 12.7. The van der Waals surface area contributed by atoms with E-state index in [-0.39, 0.29) is 17.2 Å². The fourth-order valence-electron chi connectivity index (χ4n) is 2.50. The maximum absolute atomic E-state index is 12.7. The molecule has 2 aromatic rings. The molecule has 1 saturated heterocycles. The van der Waals surface area contributed by atoms with Crippen molar-refractivity contribution in [2.75, 3.05) is 6.54 Å². The number of nitrogens with one attached hydrogen (secondary N) is 2. The normalized spacial score (nSPS) is 15.9. The average Bonchev–Trinajstić information content (AvgIpc) is 3.01. The Morgan fingerprint density at radius 2 is 1.96 bits per heavy atom. The molecule has 0 spiro atoms. The van der Waals surface area contributed by atoms with Crippen LogP contribution in [0.2, 0.25) is 0 Å². The molecule has 0 aliphatic carbocycles. The van der Waals surface area contributed by atoms with Crippen LogP contribution in [-0.4, -0.2) is 32.2 Å². The summed E-state index contributed by atoms with van der Waals surface area (Å²) in [5.41, 5.74) is 1.86. The van der Waals surface area contributed by atoms with Gasteiger partial charge in [0, 0.05) is 12.2 Å². The second-order valence-electron chi connectivity index (χ2n) is 5.32. The second-order valence-corrected chi connectivity index (χ2v) is 5.71. The molecule has 2 heterocycles. The molecule has 0 saturated carbocycles. The molecule has 0 unspecified atom stereocenters. The van der Waals surface area contributed by atoms with Crippen LogP contribution in [0.5, 0.6) is 0 Å². The molecule has 1 fully saturated rings. The highest BCUT2D eigenvalue weighted by Gasteiger charge is 2.30. The molecular formula is C17H16N4O2S. The number of para-hydroxylation sites is 1. The molecule has 2 N–H and O–H groups in total. The van der Waals surface area contributed by atoms with Gasteiger partial charge in [-0.2, -0.15) is 0 Å². The standard InChI is InChI=1S/C17H16N4O2S/c1-3-9-20-16(23)14(18-17(20)24)10-13-11(2)19-21(15(13)22)12-7-5-4-6-8-12/h3-8,10,19H,1,9H2,2H3,(H,18,24)/b14-10-. The summed E-state index contributed by atoms with van der Waals surface area (Å²) in [6.07, 6.45) is 3.13. The van der Waals surface area contributed by atoms with Gasteiger partial charge in [-0.3, -0.25) is 19.6 Å². The van der Waals surface area contributed by atoms with Gasteiger partial charge in [-0.15, -0.1) is 6.58 Å². The molecule has 3 rings (SSSR count). The van der Waals surface area contributed by atoms with Crippen LogP contribution in [0.3, 0.4) is 0 Å². The van der Waals surface area contributed by atoms with Crippen molar-refractivity contribution >= 4 is 29.3 Å². The summed E-state index contributed by atoms with van der Waals surface area (Å²) in [6.45, 7) is 5.71.